The molecule has 2 N–H and O–H groups in total. The van der Waals surface area contributed by atoms with Crippen LogP contribution in [0.15, 0.2) is 24.3 Å². The second kappa shape index (κ2) is 6.10. The SMILES string of the molecule is Cc1ccccc1CN(C)C1(CN)CC(C)CC(C)(C)C1. The van der Waals surface area contributed by atoms with Gasteiger partial charge in [0, 0.05) is 18.6 Å². The predicted molar refractivity (Wildman–Crippen MR) is 91.2 cm³/mol. The quantitative estimate of drug-likeness (QED) is 0.908. The molecule has 0 radical (unpaired) electrons. The minimum Gasteiger partial charge on any atom is -0.329 e. The molecule has 1 saturated carbocycles. The van der Waals surface area contributed by atoms with Crippen molar-refractivity contribution < 1.29 is 0 Å². The topological polar surface area (TPSA) is 29.3 Å². The molecule has 2 heteroatoms. The Balaban J connectivity index is 2.21. The van der Waals surface area contributed by atoms with Gasteiger partial charge in [-0.25, -0.2) is 0 Å². The van der Waals surface area contributed by atoms with Crippen LogP contribution in [0.25, 0.3) is 0 Å². The highest BCUT2D eigenvalue weighted by Gasteiger charge is 2.44. The summed E-state index contributed by atoms with van der Waals surface area (Å²) in [5.74, 6) is 0.747. The summed E-state index contributed by atoms with van der Waals surface area (Å²) in [5.41, 5.74) is 9.60. The minimum atomic E-state index is 0.142. The second-order valence-electron chi connectivity index (χ2n) is 8.07. The van der Waals surface area contributed by atoms with E-state index in [1.54, 1.807) is 0 Å². The molecule has 2 atom stereocenters. The first-order chi connectivity index (χ1) is 9.78. The fraction of sp³-hybridized carbons (Fsp3) is 0.684. The Morgan fingerprint density at radius 1 is 1.24 bits per heavy atom. The Labute approximate surface area is 130 Å². The van der Waals surface area contributed by atoms with Crippen LogP contribution in [0.3, 0.4) is 0 Å². The Morgan fingerprint density at radius 2 is 1.90 bits per heavy atom. The van der Waals surface area contributed by atoms with Crippen LogP contribution in [0, 0.1) is 18.3 Å². The van der Waals surface area contributed by atoms with E-state index in [0.29, 0.717) is 5.41 Å². The summed E-state index contributed by atoms with van der Waals surface area (Å²) in [6.07, 6.45) is 3.73. The maximum absolute atomic E-state index is 6.27. The molecular formula is C19H32N2. The molecule has 118 valence electrons. The molecule has 0 heterocycles. The van der Waals surface area contributed by atoms with Gasteiger partial charge < -0.3 is 5.73 Å². The minimum absolute atomic E-state index is 0.142. The third-order valence-electron chi connectivity index (χ3n) is 5.30. The van der Waals surface area contributed by atoms with Crippen molar-refractivity contribution in [3.63, 3.8) is 0 Å². The summed E-state index contributed by atoms with van der Waals surface area (Å²) in [6.45, 7) is 11.1. The Morgan fingerprint density at radius 3 is 2.48 bits per heavy atom. The fourth-order valence-corrected chi connectivity index (χ4v) is 4.51. The van der Waals surface area contributed by atoms with Crippen LogP contribution in [0.5, 0.6) is 0 Å². The van der Waals surface area contributed by atoms with Crippen molar-refractivity contribution in [1.29, 1.82) is 0 Å². The zero-order valence-corrected chi connectivity index (χ0v) is 14.4. The summed E-state index contributed by atoms with van der Waals surface area (Å²) in [6, 6.07) is 8.70. The molecule has 2 rings (SSSR count). The summed E-state index contributed by atoms with van der Waals surface area (Å²) in [7, 11) is 2.26. The molecule has 0 spiro atoms. The highest BCUT2D eigenvalue weighted by atomic mass is 15.2. The first kappa shape index (κ1) is 16.5. The molecule has 2 nitrogen and oxygen atoms in total. The molecule has 1 fully saturated rings. The lowest BCUT2D eigenvalue weighted by molar-refractivity contribution is -0.00121. The molecule has 0 amide bonds. The molecule has 1 aromatic carbocycles. The highest BCUT2D eigenvalue weighted by Crippen LogP contribution is 2.46. The largest absolute Gasteiger partial charge is 0.329 e. The van der Waals surface area contributed by atoms with Gasteiger partial charge in [-0.3, -0.25) is 4.90 Å². The number of benzene rings is 1. The molecule has 0 saturated heterocycles. The van der Waals surface area contributed by atoms with Gasteiger partial charge in [0.2, 0.25) is 0 Å². The third-order valence-corrected chi connectivity index (χ3v) is 5.30. The summed E-state index contributed by atoms with van der Waals surface area (Å²) < 4.78 is 0. The van der Waals surface area contributed by atoms with Crippen LogP contribution in [0.2, 0.25) is 0 Å². The van der Waals surface area contributed by atoms with Crippen LogP contribution in [0.1, 0.15) is 51.2 Å². The lowest BCUT2D eigenvalue weighted by Crippen LogP contribution is -2.57. The Hall–Kier alpha value is -0.860. The number of aryl methyl sites for hydroxylation is 1. The normalized spacial score (nSPS) is 28.8. The maximum atomic E-state index is 6.27. The van der Waals surface area contributed by atoms with Crippen LogP contribution < -0.4 is 5.73 Å². The lowest BCUT2D eigenvalue weighted by atomic mass is 9.63. The molecule has 2 unspecified atom stereocenters. The Kier molecular flexibility index (Phi) is 4.79. The van der Waals surface area contributed by atoms with Crippen molar-refractivity contribution in [2.45, 2.75) is 59.0 Å². The molecule has 0 aliphatic heterocycles. The maximum Gasteiger partial charge on any atom is 0.0339 e. The molecule has 1 aliphatic carbocycles. The van der Waals surface area contributed by atoms with Gasteiger partial charge in [-0.2, -0.15) is 0 Å². The van der Waals surface area contributed by atoms with E-state index in [9.17, 15) is 0 Å². The summed E-state index contributed by atoms with van der Waals surface area (Å²) in [5, 5.41) is 0. The van der Waals surface area contributed by atoms with E-state index in [1.807, 2.05) is 0 Å². The summed E-state index contributed by atoms with van der Waals surface area (Å²) in [4.78, 5) is 2.52. The molecule has 0 bridgehead atoms. The van der Waals surface area contributed by atoms with Crippen LogP contribution >= 0.6 is 0 Å². The van der Waals surface area contributed by atoms with Crippen molar-refractivity contribution >= 4 is 0 Å². The van der Waals surface area contributed by atoms with Crippen molar-refractivity contribution in [3.8, 4) is 0 Å². The fourth-order valence-electron chi connectivity index (χ4n) is 4.51. The molecular weight excluding hydrogens is 256 g/mol. The average Bonchev–Trinajstić information content (AvgIpc) is 2.38. The monoisotopic (exact) mass is 288 g/mol. The second-order valence-corrected chi connectivity index (χ2v) is 8.07. The zero-order chi connectivity index (χ0) is 15.7. The first-order valence-electron chi connectivity index (χ1n) is 8.24. The number of hydrogen-bond acceptors (Lipinski definition) is 2. The molecule has 1 aliphatic rings. The lowest BCUT2D eigenvalue weighted by Gasteiger charge is -2.52. The van der Waals surface area contributed by atoms with Gasteiger partial charge in [0.05, 0.1) is 0 Å². The van der Waals surface area contributed by atoms with E-state index in [1.165, 1.54) is 30.4 Å². The number of hydrogen-bond donors (Lipinski definition) is 1. The standard InChI is InChI=1S/C19H32N2/c1-15-10-18(3,4)13-19(11-15,14-20)21(5)12-17-9-7-6-8-16(17)2/h6-9,15H,10-14,20H2,1-5H3. The van der Waals surface area contributed by atoms with E-state index in [2.05, 4.69) is 63.9 Å². The number of rotatable bonds is 4. The number of likely N-dealkylation sites (N-methyl/N-ethyl adjacent to an activating group) is 1. The van der Waals surface area contributed by atoms with Gasteiger partial charge in [0.15, 0.2) is 0 Å². The van der Waals surface area contributed by atoms with Gasteiger partial charge in [-0.1, -0.05) is 45.0 Å². The molecule has 21 heavy (non-hydrogen) atoms. The smallest absolute Gasteiger partial charge is 0.0339 e. The van der Waals surface area contributed by atoms with Gasteiger partial charge in [-0.05, 0) is 55.7 Å². The molecule has 1 aromatic rings. The predicted octanol–water partition coefficient (Wildman–Crippen LogP) is 3.97. The number of nitrogens with two attached hydrogens (primary N) is 1. The van der Waals surface area contributed by atoms with E-state index in [0.717, 1.165) is 19.0 Å². The van der Waals surface area contributed by atoms with Gasteiger partial charge in [-0.15, -0.1) is 0 Å². The van der Waals surface area contributed by atoms with Crippen molar-refractivity contribution in [2.24, 2.45) is 17.1 Å². The summed E-state index contributed by atoms with van der Waals surface area (Å²) >= 11 is 0. The van der Waals surface area contributed by atoms with Crippen molar-refractivity contribution in [2.75, 3.05) is 13.6 Å². The van der Waals surface area contributed by atoms with Crippen LogP contribution in [0.4, 0.5) is 0 Å². The van der Waals surface area contributed by atoms with Crippen molar-refractivity contribution in [3.05, 3.63) is 35.4 Å². The van der Waals surface area contributed by atoms with Gasteiger partial charge in [0.1, 0.15) is 0 Å². The van der Waals surface area contributed by atoms with E-state index in [-0.39, 0.29) is 5.54 Å². The Bertz CT molecular complexity index is 480. The average molecular weight is 288 g/mol. The van der Waals surface area contributed by atoms with Crippen LogP contribution in [-0.4, -0.2) is 24.0 Å². The van der Waals surface area contributed by atoms with Crippen LogP contribution in [-0.2, 0) is 6.54 Å². The zero-order valence-electron chi connectivity index (χ0n) is 14.4. The highest BCUT2D eigenvalue weighted by molar-refractivity contribution is 5.25. The van der Waals surface area contributed by atoms with Gasteiger partial charge in [0.25, 0.3) is 0 Å². The number of nitrogens with zero attached hydrogens (tertiary/aromatic N) is 1. The first-order valence-corrected chi connectivity index (χ1v) is 8.24. The van der Waals surface area contributed by atoms with Gasteiger partial charge >= 0.3 is 0 Å². The molecule has 0 aromatic heterocycles. The van der Waals surface area contributed by atoms with E-state index >= 15 is 0 Å². The van der Waals surface area contributed by atoms with E-state index < -0.39 is 0 Å². The third kappa shape index (κ3) is 3.67. The van der Waals surface area contributed by atoms with E-state index in [4.69, 9.17) is 5.73 Å². The van der Waals surface area contributed by atoms with Crippen molar-refractivity contribution in [1.82, 2.24) is 4.90 Å².